The van der Waals surface area contributed by atoms with Crippen LogP contribution >= 0.6 is 0 Å². The van der Waals surface area contributed by atoms with Gasteiger partial charge < -0.3 is 10.2 Å². The van der Waals surface area contributed by atoms with Gasteiger partial charge in [-0.25, -0.2) is 0 Å². The van der Waals surface area contributed by atoms with Crippen LogP contribution in [0.4, 0.5) is 0 Å². The Bertz CT molecular complexity index is 247. The second-order valence-corrected chi connectivity index (χ2v) is 6.01. The van der Waals surface area contributed by atoms with Crippen LogP contribution in [0.3, 0.4) is 0 Å². The van der Waals surface area contributed by atoms with E-state index >= 15 is 0 Å². The third kappa shape index (κ3) is 2.76. The van der Waals surface area contributed by atoms with Crippen molar-refractivity contribution in [1.29, 1.82) is 0 Å². The molecule has 0 atom stereocenters. The van der Waals surface area contributed by atoms with Crippen LogP contribution < -0.4 is 5.32 Å². The smallest absolute Gasteiger partial charge is 0.225 e. The zero-order valence-electron chi connectivity index (χ0n) is 10.6. The van der Waals surface area contributed by atoms with Gasteiger partial charge in [0, 0.05) is 19.0 Å². The minimum absolute atomic E-state index is 0.294. The summed E-state index contributed by atoms with van der Waals surface area (Å²) >= 11 is 0. The van der Waals surface area contributed by atoms with E-state index in [0.29, 0.717) is 17.2 Å². The highest BCUT2D eigenvalue weighted by molar-refractivity contribution is 5.79. The second kappa shape index (κ2) is 4.74. The molecule has 0 aromatic carbocycles. The van der Waals surface area contributed by atoms with Gasteiger partial charge in [0.1, 0.15) is 0 Å². The summed E-state index contributed by atoms with van der Waals surface area (Å²) < 4.78 is 0. The Balaban J connectivity index is 1.86. The Morgan fingerprint density at radius 2 is 1.75 bits per heavy atom. The fourth-order valence-electron chi connectivity index (χ4n) is 2.66. The van der Waals surface area contributed by atoms with E-state index in [9.17, 15) is 4.79 Å². The third-order valence-electron chi connectivity index (χ3n) is 4.12. The van der Waals surface area contributed by atoms with Crippen LogP contribution in [0.2, 0.25) is 0 Å². The van der Waals surface area contributed by atoms with E-state index in [4.69, 9.17) is 0 Å². The van der Waals surface area contributed by atoms with Crippen LogP contribution in [0, 0.1) is 11.3 Å². The number of piperidine rings is 2. The average molecular weight is 224 g/mol. The first-order chi connectivity index (χ1) is 7.58. The first-order valence-corrected chi connectivity index (χ1v) is 6.58. The minimum Gasteiger partial charge on any atom is -0.342 e. The number of hydrogen-bond donors (Lipinski definition) is 1. The van der Waals surface area contributed by atoms with Crippen molar-refractivity contribution in [1.82, 2.24) is 10.2 Å². The van der Waals surface area contributed by atoms with Crippen molar-refractivity contribution in [3.63, 3.8) is 0 Å². The molecule has 2 aliphatic heterocycles. The number of amides is 1. The molecule has 2 rings (SSSR count). The van der Waals surface area contributed by atoms with Gasteiger partial charge in [0.25, 0.3) is 0 Å². The number of nitrogens with zero attached hydrogens (tertiary/aromatic N) is 1. The standard InChI is InChI=1S/C13H24N2O/c1-13(2)5-9-15(10-6-13)12(16)11-3-7-14-8-4-11/h11,14H,3-10H2,1-2H3. The highest BCUT2D eigenvalue weighted by atomic mass is 16.2. The molecule has 0 radical (unpaired) electrons. The molecular formula is C13H24N2O. The Hall–Kier alpha value is -0.570. The predicted molar refractivity (Wildman–Crippen MR) is 65.2 cm³/mol. The van der Waals surface area contributed by atoms with Crippen molar-refractivity contribution in [3.05, 3.63) is 0 Å². The number of rotatable bonds is 1. The molecule has 16 heavy (non-hydrogen) atoms. The number of hydrogen-bond acceptors (Lipinski definition) is 2. The molecule has 3 nitrogen and oxygen atoms in total. The van der Waals surface area contributed by atoms with Crippen molar-refractivity contribution in [3.8, 4) is 0 Å². The summed E-state index contributed by atoms with van der Waals surface area (Å²) in [5.41, 5.74) is 0.435. The molecule has 0 aliphatic carbocycles. The van der Waals surface area contributed by atoms with E-state index in [-0.39, 0.29) is 0 Å². The number of likely N-dealkylation sites (tertiary alicyclic amines) is 1. The molecule has 0 spiro atoms. The van der Waals surface area contributed by atoms with E-state index in [0.717, 1.165) is 51.9 Å². The SMILES string of the molecule is CC1(C)CCN(C(=O)C2CCNCC2)CC1. The van der Waals surface area contributed by atoms with Crippen molar-refractivity contribution in [2.75, 3.05) is 26.2 Å². The molecule has 92 valence electrons. The van der Waals surface area contributed by atoms with E-state index < -0.39 is 0 Å². The zero-order chi connectivity index (χ0) is 11.6. The molecule has 0 bridgehead atoms. The highest BCUT2D eigenvalue weighted by Crippen LogP contribution is 2.30. The molecule has 1 amide bonds. The highest BCUT2D eigenvalue weighted by Gasteiger charge is 2.31. The Labute approximate surface area is 98.6 Å². The van der Waals surface area contributed by atoms with E-state index in [1.807, 2.05) is 0 Å². The quantitative estimate of drug-likeness (QED) is 0.734. The monoisotopic (exact) mass is 224 g/mol. The molecule has 1 N–H and O–H groups in total. The van der Waals surface area contributed by atoms with Gasteiger partial charge in [0.2, 0.25) is 5.91 Å². The molecule has 2 aliphatic rings. The summed E-state index contributed by atoms with van der Waals surface area (Å²) in [5.74, 6) is 0.708. The lowest BCUT2D eigenvalue weighted by atomic mass is 9.82. The summed E-state index contributed by atoms with van der Waals surface area (Å²) in [6, 6.07) is 0. The Kier molecular flexibility index (Phi) is 3.53. The number of nitrogens with one attached hydrogen (secondary N) is 1. The maximum absolute atomic E-state index is 12.3. The average Bonchev–Trinajstić information content (AvgIpc) is 2.29. The Morgan fingerprint density at radius 3 is 2.31 bits per heavy atom. The summed E-state index contributed by atoms with van der Waals surface area (Å²) in [6.45, 7) is 8.57. The van der Waals surface area contributed by atoms with Gasteiger partial charge in [0.05, 0.1) is 0 Å². The summed E-state index contributed by atoms with van der Waals surface area (Å²) in [5, 5.41) is 3.31. The molecule has 0 saturated carbocycles. The summed E-state index contributed by atoms with van der Waals surface area (Å²) in [4.78, 5) is 14.4. The van der Waals surface area contributed by atoms with Gasteiger partial charge in [0.15, 0.2) is 0 Å². The van der Waals surface area contributed by atoms with Crippen LogP contribution in [0.25, 0.3) is 0 Å². The molecule has 3 heteroatoms. The third-order valence-corrected chi connectivity index (χ3v) is 4.12. The minimum atomic E-state index is 0.294. The van der Waals surface area contributed by atoms with Crippen LogP contribution in [0.15, 0.2) is 0 Å². The van der Waals surface area contributed by atoms with Gasteiger partial charge in [-0.15, -0.1) is 0 Å². The molecule has 0 unspecified atom stereocenters. The first kappa shape index (κ1) is 11.9. The van der Waals surface area contributed by atoms with Crippen LogP contribution in [-0.2, 0) is 4.79 Å². The fourth-order valence-corrected chi connectivity index (χ4v) is 2.66. The lowest BCUT2D eigenvalue weighted by Gasteiger charge is -2.39. The molecule has 2 fully saturated rings. The van der Waals surface area contributed by atoms with Gasteiger partial charge in [-0.2, -0.15) is 0 Å². The molecule has 0 aromatic rings. The molecular weight excluding hydrogens is 200 g/mol. The van der Waals surface area contributed by atoms with E-state index in [2.05, 4.69) is 24.1 Å². The van der Waals surface area contributed by atoms with Crippen molar-refractivity contribution >= 4 is 5.91 Å². The molecule has 2 saturated heterocycles. The summed E-state index contributed by atoms with van der Waals surface area (Å²) in [6.07, 6.45) is 4.37. The fraction of sp³-hybridized carbons (Fsp3) is 0.923. The topological polar surface area (TPSA) is 32.3 Å². The van der Waals surface area contributed by atoms with Crippen molar-refractivity contribution in [2.24, 2.45) is 11.3 Å². The molecule has 2 heterocycles. The first-order valence-electron chi connectivity index (χ1n) is 6.58. The van der Waals surface area contributed by atoms with E-state index in [1.54, 1.807) is 0 Å². The lowest BCUT2D eigenvalue weighted by molar-refractivity contribution is -0.138. The maximum Gasteiger partial charge on any atom is 0.225 e. The normalized spacial score (nSPS) is 26.8. The van der Waals surface area contributed by atoms with Gasteiger partial charge in [-0.3, -0.25) is 4.79 Å². The number of carbonyl (C=O) groups excluding carboxylic acids is 1. The van der Waals surface area contributed by atoms with Gasteiger partial charge in [-0.1, -0.05) is 13.8 Å². The summed E-state index contributed by atoms with van der Waals surface area (Å²) in [7, 11) is 0. The zero-order valence-corrected chi connectivity index (χ0v) is 10.6. The van der Waals surface area contributed by atoms with Crippen molar-refractivity contribution in [2.45, 2.75) is 39.5 Å². The van der Waals surface area contributed by atoms with Gasteiger partial charge in [-0.05, 0) is 44.2 Å². The predicted octanol–water partition coefficient (Wildman–Crippen LogP) is 1.63. The largest absolute Gasteiger partial charge is 0.342 e. The molecule has 0 aromatic heterocycles. The van der Waals surface area contributed by atoms with E-state index in [1.165, 1.54) is 0 Å². The van der Waals surface area contributed by atoms with Crippen LogP contribution in [-0.4, -0.2) is 37.0 Å². The lowest BCUT2D eigenvalue weighted by Crippen LogP contribution is -2.46. The van der Waals surface area contributed by atoms with Crippen molar-refractivity contribution < 1.29 is 4.79 Å². The number of carbonyl (C=O) groups is 1. The second-order valence-electron chi connectivity index (χ2n) is 6.01. The maximum atomic E-state index is 12.3. The van der Waals surface area contributed by atoms with Gasteiger partial charge >= 0.3 is 0 Å². The van der Waals surface area contributed by atoms with Crippen LogP contribution in [0.1, 0.15) is 39.5 Å². The Morgan fingerprint density at radius 1 is 1.19 bits per heavy atom. The van der Waals surface area contributed by atoms with Crippen LogP contribution in [0.5, 0.6) is 0 Å².